The monoisotopic (exact) mass is 286 g/mol. The van der Waals surface area contributed by atoms with Crippen molar-refractivity contribution in [3.8, 4) is 0 Å². The Hall–Kier alpha value is -1.81. The molecule has 1 N–H and O–H groups in total. The number of hydrogen-bond acceptors (Lipinski definition) is 3. The minimum Gasteiger partial charge on any atom is -0.384 e. The van der Waals surface area contributed by atoms with Crippen molar-refractivity contribution < 1.29 is 4.79 Å². The molecule has 20 heavy (non-hydrogen) atoms. The van der Waals surface area contributed by atoms with Crippen LogP contribution in [0.5, 0.6) is 0 Å². The van der Waals surface area contributed by atoms with Crippen LogP contribution in [0.25, 0.3) is 0 Å². The molecule has 2 aromatic rings. The molecule has 3 nitrogen and oxygen atoms in total. The van der Waals surface area contributed by atoms with Crippen molar-refractivity contribution in [2.75, 3.05) is 25.5 Å². The maximum absolute atomic E-state index is 12.4. The normalized spacial score (nSPS) is 12.8. The molecule has 1 aromatic carbocycles. The first kappa shape index (κ1) is 13.2. The summed E-state index contributed by atoms with van der Waals surface area (Å²) in [6.45, 7) is 1.73. The summed E-state index contributed by atoms with van der Waals surface area (Å²) in [4.78, 5) is 15.5. The van der Waals surface area contributed by atoms with Crippen LogP contribution in [0.4, 0.5) is 5.69 Å². The zero-order chi connectivity index (χ0) is 13.9. The van der Waals surface area contributed by atoms with E-state index in [4.69, 9.17) is 0 Å². The molecule has 1 amide bonds. The summed E-state index contributed by atoms with van der Waals surface area (Å²) in [5.41, 5.74) is 3.19. The second-order valence-corrected chi connectivity index (χ2v) is 6.14. The van der Waals surface area contributed by atoms with E-state index in [1.807, 2.05) is 25.2 Å². The zero-order valence-electron chi connectivity index (χ0n) is 11.6. The van der Waals surface area contributed by atoms with Crippen molar-refractivity contribution in [3.63, 3.8) is 0 Å². The molecule has 0 unspecified atom stereocenters. The van der Waals surface area contributed by atoms with E-state index >= 15 is 0 Å². The Labute approximate surface area is 123 Å². The number of carbonyl (C=O) groups is 1. The second-order valence-electron chi connectivity index (χ2n) is 5.10. The van der Waals surface area contributed by atoms with Crippen LogP contribution in [0.15, 0.2) is 35.7 Å². The number of hydrogen-bond donors (Lipinski definition) is 1. The Morgan fingerprint density at radius 2 is 2.30 bits per heavy atom. The molecule has 0 radical (unpaired) electrons. The highest BCUT2D eigenvalue weighted by molar-refractivity contribution is 7.09. The van der Waals surface area contributed by atoms with Crippen molar-refractivity contribution in [2.45, 2.75) is 12.8 Å². The minimum atomic E-state index is 0.0954. The van der Waals surface area contributed by atoms with E-state index in [2.05, 4.69) is 22.8 Å². The third kappa shape index (κ3) is 2.70. The topological polar surface area (TPSA) is 32.3 Å². The minimum absolute atomic E-state index is 0.0954. The highest BCUT2D eigenvalue weighted by Crippen LogP contribution is 2.23. The Balaban J connectivity index is 1.65. The molecule has 0 bridgehead atoms. The number of nitrogens with one attached hydrogen (secondary N) is 1. The molecular formula is C16H18N2OS. The lowest BCUT2D eigenvalue weighted by atomic mass is 10.1. The molecule has 2 heterocycles. The van der Waals surface area contributed by atoms with Crippen LogP contribution in [0.2, 0.25) is 0 Å². The lowest BCUT2D eigenvalue weighted by Crippen LogP contribution is -2.28. The molecule has 0 aliphatic carbocycles. The molecule has 0 fully saturated rings. The van der Waals surface area contributed by atoms with Gasteiger partial charge >= 0.3 is 0 Å². The van der Waals surface area contributed by atoms with Gasteiger partial charge in [-0.15, -0.1) is 11.3 Å². The molecule has 0 spiro atoms. The fourth-order valence-corrected chi connectivity index (χ4v) is 3.18. The Bertz CT molecular complexity index is 607. The van der Waals surface area contributed by atoms with Gasteiger partial charge in [-0.2, -0.15) is 0 Å². The Morgan fingerprint density at radius 1 is 1.40 bits per heavy atom. The smallest absolute Gasteiger partial charge is 0.253 e. The summed E-state index contributed by atoms with van der Waals surface area (Å²) in [6.07, 6.45) is 1.97. The fourth-order valence-electron chi connectivity index (χ4n) is 2.48. The van der Waals surface area contributed by atoms with Gasteiger partial charge in [-0.25, -0.2) is 0 Å². The van der Waals surface area contributed by atoms with Gasteiger partial charge in [-0.05, 0) is 42.0 Å². The lowest BCUT2D eigenvalue weighted by molar-refractivity contribution is 0.0797. The summed E-state index contributed by atoms with van der Waals surface area (Å²) in [5.74, 6) is 0.0954. The maximum atomic E-state index is 12.4. The summed E-state index contributed by atoms with van der Waals surface area (Å²) >= 11 is 1.74. The van der Waals surface area contributed by atoms with Crippen LogP contribution in [-0.4, -0.2) is 30.9 Å². The van der Waals surface area contributed by atoms with Crippen LogP contribution in [0.1, 0.15) is 20.8 Å². The summed E-state index contributed by atoms with van der Waals surface area (Å²) in [7, 11) is 1.87. The first-order chi connectivity index (χ1) is 9.74. The predicted molar refractivity (Wildman–Crippen MR) is 83.6 cm³/mol. The molecule has 3 rings (SSSR count). The molecule has 4 heteroatoms. The molecule has 1 aliphatic rings. The molecule has 0 atom stereocenters. The molecular weight excluding hydrogens is 268 g/mol. The van der Waals surface area contributed by atoms with Crippen LogP contribution in [0.3, 0.4) is 0 Å². The number of carbonyl (C=O) groups excluding carboxylic acids is 1. The van der Waals surface area contributed by atoms with Crippen molar-refractivity contribution >= 4 is 22.9 Å². The van der Waals surface area contributed by atoms with E-state index in [9.17, 15) is 4.79 Å². The van der Waals surface area contributed by atoms with Crippen molar-refractivity contribution in [2.24, 2.45) is 0 Å². The second kappa shape index (κ2) is 5.67. The first-order valence-corrected chi connectivity index (χ1v) is 7.76. The highest BCUT2D eigenvalue weighted by atomic mass is 32.1. The zero-order valence-corrected chi connectivity index (χ0v) is 12.4. The Kier molecular flexibility index (Phi) is 3.74. The third-order valence-electron chi connectivity index (χ3n) is 3.69. The number of likely N-dealkylation sites (N-methyl/N-ethyl adjacent to an activating group) is 1. The number of fused-ring (bicyclic) bond motifs is 1. The molecule has 104 valence electrons. The van der Waals surface area contributed by atoms with Crippen LogP contribution in [0, 0.1) is 0 Å². The van der Waals surface area contributed by atoms with Gasteiger partial charge in [0.05, 0.1) is 0 Å². The van der Waals surface area contributed by atoms with Gasteiger partial charge in [0, 0.05) is 36.3 Å². The van der Waals surface area contributed by atoms with E-state index in [1.165, 1.54) is 10.4 Å². The van der Waals surface area contributed by atoms with Crippen molar-refractivity contribution in [3.05, 3.63) is 51.7 Å². The third-order valence-corrected chi connectivity index (χ3v) is 4.62. The van der Waals surface area contributed by atoms with Crippen LogP contribution in [-0.2, 0) is 12.8 Å². The van der Waals surface area contributed by atoms with Gasteiger partial charge in [0.15, 0.2) is 0 Å². The van der Waals surface area contributed by atoms with Crippen LogP contribution >= 0.6 is 11.3 Å². The molecule has 1 aromatic heterocycles. The van der Waals surface area contributed by atoms with E-state index in [0.29, 0.717) is 0 Å². The average Bonchev–Trinajstić information content (AvgIpc) is 3.13. The highest BCUT2D eigenvalue weighted by Gasteiger charge is 2.16. The van der Waals surface area contributed by atoms with E-state index in [-0.39, 0.29) is 5.91 Å². The van der Waals surface area contributed by atoms with Gasteiger partial charge < -0.3 is 10.2 Å². The largest absolute Gasteiger partial charge is 0.384 e. The number of thiophene rings is 1. The van der Waals surface area contributed by atoms with E-state index in [1.54, 1.807) is 16.2 Å². The van der Waals surface area contributed by atoms with Crippen molar-refractivity contribution in [1.29, 1.82) is 0 Å². The van der Waals surface area contributed by atoms with Crippen LogP contribution < -0.4 is 5.32 Å². The maximum Gasteiger partial charge on any atom is 0.253 e. The number of nitrogens with zero attached hydrogens (tertiary/aromatic N) is 1. The molecule has 0 saturated carbocycles. The molecule has 0 saturated heterocycles. The predicted octanol–water partition coefficient (Wildman–Crippen LogP) is 3.03. The van der Waals surface area contributed by atoms with E-state index in [0.717, 1.165) is 37.2 Å². The Morgan fingerprint density at radius 3 is 3.10 bits per heavy atom. The number of anilines is 1. The van der Waals surface area contributed by atoms with Crippen molar-refractivity contribution in [1.82, 2.24) is 4.90 Å². The van der Waals surface area contributed by atoms with E-state index < -0.39 is 0 Å². The van der Waals surface area contributed by atoms with Gasteiger partial charge in [-0.3, -0.25) is 4.79 Å². The number of benzene rings is 1. The average molecular weight is 286 g/mol. The van der Waals surface area contributed by atoms with Gasteiger partial charge in [0.2, 0.25) is 0 Å². The summed E-state index contributed by atoms with van der Waals surface area (Å²) in [5, 5.41) is 5.39. The quantitative estimate of drug-likeness (QED) is 0.937. The lowest BCUT2D eigenvalue weighted by Gasteiger charge is -2.17. The standard InChI is InChI=1S/C16H18N2OS/c1-18(9-7-14-3-2-10-20-14)16(19)13-5-4-12-6-8-17-15(12)11-13/h2-5,10-11,17H,6-9H2,1H3. The number of amides is 1. The fraction of sp³-hybridized carbons (Fsp3) is 0.312. The van der Waals surface area contributed by atoms with Gasteiger partial charge in [0.1, 0.15) is 0 Å². The first-order valence-electron chi connectivity index (χ1n) is 6.89. The molecule has 1 aliphatic heterocycles. The summed E-state index contributed by atoms with van der Waals surface area (Å²) in [6, 6.07) is 10.1. The summed E-state index contributed by atoms with van der Waals surface area (Å²) < 4.78 is 0. The number of rotatable bonds is 4. The van der Waals surface area contributed by atoms with Gasteiger partial charge in [-0.1, -0.05) is 12.1 Å². The van der Waals surface area contributed by atoms with Gasteiger partial charge in [0.25, 0.3) is 5.91 Å². The SMILES string of the molecule is CN(CCc1cccs1)C(=O)c1ccc2c(c1)NCC2.